The molecule has 0 radical (unpaired) electrons. The number of carboxylic acid groups (broad SMARTS) is 1. The van der Waals surface area contributed by atoms with E-state index in [0.717, 1.165) is 5.56 Å². The van der Waals surface area contributed by atoms with Gasteiger partial charge in [0.25, 0.3) is 0 Å². The Balaban J connectivity index is 2.14. The van der Waals surface area contributed by atoms with Crippen LogP contribution in [-0.4, -0.2) is 17.2 Å². The number of carbonyl (C=O) groups is 1. The summed E-state index contributed by atoms with van der Waals surface area (Å²) in [6.45, 7) is 0. The minimum absolute atomic E-state index is 0.192. The average molecular weight is 311 g/mol. The molecule has 0 spiro atoms. The molecule has 2 aromatic carbocycles. The summed E-state index contributed by atoms with van der Waals surface area (Å²) in [7, 11) is 0. The predicted octanol–water partition coefficient (Wildman–Crippen LogP) is 4.07. The van der Waals surface area contributed by atoms with Gasteiger partial charge in [0.15, 0.2) is 6.10 Å². The molecule has 0 aliphatic carbocycles. The Morgan fingerprint density at radius 3 is 2.35 bits per heavy atom. The Morgan fingerprint density at radius 1 is 1.10 bits per heavy atom. The molecule has 104 valence electrons. The third-order valence-electron chi connectivity index (χ3n) is 2.73. The van der Waals surface area contributed by atoms with E-state index in [1.807, 2.05) is 6.07 Å². The zero-order valence-corrected chi connectivity index (χ0v) is 11.9. The quantitative estimate of drug-likeness (QED) is 0.905. The molecule has 1 N–H and O–H groups in total. The maximum absolute atomic E-state index is 11.3. The van der Waals surface area contributed by atoms with Crippen LogP contribution >= 0.6 is 23.2 Å². The highest BCUT2D eigenvalue weighted by molar-refractivity contribution is 6.31. The summed E-state index contributed by atoms with van der Waals surface area (Å²) < 4.78 is 5.47. The van der Waals surface area contributed by atoms with Crippen LogP contribution in [0.25, 0.3) is 0 Å². The van der Waals surface area contributed by atoms with Crippen LogP contribution in [0.5, 0.6) is 5.75 Å². The molecule has 2 rings (SSSR count). The molecule has 0 saturated carbocycles. The van der Waals surface area contributed by atoms with Gasteiger partial charge in [-0.25, -0.2) is 4.79 Å². The van der Waals surface area contributed by atoms with E-state index in [4.69, 9.17) is 27.9 Å². The van der Waals surface area contributed by atoms with E-state index in [2.05, 4.69) is 0 Å². The van der Waals surface area contributed by atoms with Gasteiger partial charge in [-0.3, -0.25) is 0 Å². The second kappa shape index (κ2) is 6.64. The first kappa shape index (κ1) is 14.7. The van der Waals surface area contributed by atoms with Crippen molar-refractivity contribution < 1.29 is 14.6 Å². The van der Waals surface area contributed by atoms with E-state index in [1.54, 1.807) is 42.5 Å². The van der Waals surface area contributed by atoms with Crippen LogP contribution in [0.15, 0.2) is 48.5 Å². The Labute approximate surface area is 126 Å². The van der Waals surface area contributed by atoms with E-state index in [0.29, 0.717) is 15.8 Å². The highest BCUT2D eigenvalue weighted by Crippen LogP contribution is 2.21. The van der Waals surface area contributed by atoms with E-state index < -0.39 is 12.1 Å². The molecule has 0 aromatic heterocycles. The fourth-order valence-electron chi connectivity index (χ4n) is 1.72. The summed E-state index contributed by atoms with van der Waals surface area (Å²) in [5.74, 6) is -0.589. The predicted molar refractivity (Wildman–Crippen MR) is 78.7 cm³/mol. The van der Waals surface area contributed by atoms with Crippen molar-refractivity contribution in [2.24, 2.45) is 0 Å². The van der Waals surface area contributed by atoms with Gasteiger partial charge < -0.3 is 9.84 Å². The van der Waals surface area contributed by atoms with Crippen LogP contribution in [0, 0.1) is 0 Å². The zero-order chi connectivity index (χ0) is 14.5. The van der Waals surface area contributed by atoms with Crippen LogP contribution in [0.2, 0.25) is 10.0 Å². The number of ether oxygens (including phenoxy) is 1. The molecule has 0 saturated heterocycles. The van der Waals surface area contributed by atoms with Crippen molar-refractivity contribution >= 4 is 29.2 Å². The van der Waals surface area contributed by atoms with E-state index in [-0.39, 0.29) is 6.42 Å². The molecule has 0 bridgehead atoms. The number of aliphatic carboxylic acids is 1. The Bertz CT molecular complexity index is 596. The van der Waals surface area contributed by atoms with Gasteiger partial charge in [-0.1, -0.05) is 41.4 Å². The van der Waals surface area contributed by atoms with Crippen LogP contribution < -0.4 is 4.74 Å². The third-order valence-corrected chi connectivity index (χ3v) is 3.35. The van der Waals surface area contributed by atoms with Crippen molar-refractivity contribution in [3.05, 3.63) is 64.1 Å². The van der Waals surface area contributed by atoms with Crippen molar-refractivity contribution in [2.45, 2.75) is 12.5 Å². The number of halogens is 2. The van der Waals surface area contributed by atoms with E-state index in [9.17, 15) is 9.90 Å². The second-order valence-electron chi connectivity index (χ2n) is 4.19. The number of hydrogen-bond donors (Lipinski definition) is 1. The molecule has 2 aromatic rings. The van der Waals surface area contributed by atoms with Crippen molar-refractivity contribution in [3.8, 4) is 5.75 Å². The average Bonchev–Trinajstić information content (AvgIpc) is 2.42. The molecule has 1 atom stereocenters. The van der Waals surface area contributed by atoms with Gasteiger partial charge in [-0.05, 0) is 35.9 Å². The third kappa shape index (κ3) is 3.89. The zero-order valence-electron chi connectivity index (χ0n) is 10.4. The van der Waals surface area contributed by atoms with Crippen LogP contribution in [0.4, 0.5) is 0 Å². The summed E-state index contributed by atoms with van der Waals surface area (Å²) in [6, 6.07) is 13.7. The van der Waals surface area contributed by atoms with Gasteiger partial charge in [0.05, 0.1) is 0 Å². The molecule has 0 fully saturated rings. The van der Waals surface area contributed by atoms with Crippen LogP contribution in [-0.2, 0) is 11.2 Å². The van der Waals surface area contributed by atoms with Gasteiger partial charge in [-0.15, -0.1) is 0 Å². The van der Waals surface area contributed by atoms with E-state index >= 15 is 0 Å². The normalized spacial score (nSPS) is 11.9. The fourth-order valence-corrected chi connectivity index (χ4v) is 2.06. The standard InChI is InChI=1S/C15H12Cl2O3/c16-11-5-7-12(8-6-11)20-14(15(18)19)9-10-3-1-2-4-13(10)17/h1-8,14H,9H2,(H,18,19)/t14-/m0/s1. The largest absolute Gasteiger partial charge is 0.478 e. The Kier molecular flexibility index (Phi) is 4.88. The lowest BCUT2D eigenvalue weighted by Gasteiger charge is -2.16. The van der Waals surface area contributed by atoms with Crippen LogP contribution in [0.3, 0.4) is 0 Å². The van der Waals surface area contributed by atoms with Gasteiger partial charge in [0.2, 0.25) is 0 Å². The summed E-state index contributed by atoms with van der Waals surface area (Å²) in [4.78, 5) is 11.3. The molecule has 0 amide bonds. The molecule has 3 nitrogen and oxygen atoms in total. The van der Waals surface area contributed by atoms with E-state index in [1.165, 1.54) is 0 Å². The number of rotatable bonds is 5. The molecular weight excluding hydrogens is 299 g/mol. The van der Waals surface area contributed by atoms with Gasteiger partial charge in [-0.2, -0.15) is 0 Å². The highest BCUT2D eigenvalue weighted by atomic mass is 35.5. The monoisotopic (exact) mass is 310 g/mol. The molecule has 0 aliphatic heterocycles. The van der Waals surface area contributed by atoms with Crippen molar-refractivity contribution in [2.75, 3.05) is 0 Å². The lowest BCUT2D eigenvalue weighted by Crippen LogP contribution is -2.29. The summed E-state index contributed by atoms with van der Waals surface area (Å²) >= 11 is 11.8. The molecular formula is C15H12Cl2O3. The first-order valence-electron chi connectivity index (χ1n) is 5.94. The fraction of sp³-hybridized carbons (Fsp3) is 0.133. The molecule has 5 heteroatoms. The summed E-state index contributed by atoms with van der Waals surface area (Å²) in [6.07, 6.45) is -0.812. The first-order chi connectivity index (χ1) is 9.56. The topological polar surface area (TPSA) is 46.5 Å². The molecule has 20 heavy (non-hydrogen) atoms. The maximum atomic E-state index is 11.3. The number of benzene rings is 2. The van der Waals surface area contributed by atoms with Crippen molar-refractivity contribution in [1.29, 1.82) is 0 Å². The second-order valence-corrected chi connectivity index (χ2v) is 5.04. The van der Waals surface area contributed by atoms with Gasteiger partial charge >= 0.3 is 5.97 Å². The first-order valence-corrected chi connectivity index (χ1v) is 6.70. The SMILES string of the molecule is O=C(O)[C@H](Cc1ccccc1Cl)Oc1ccc(Cl)cc1. The molecule has 0 aliphatic rings. The van der Waals surface area contributed by atoms with Gasteiger partial charge in [0.1, 0.15) is 5.75 Å². The van der Waals surface area contributed by atoms with Gasteiger partial charge in [0, 0.05) is 16.5 Å². The number of hydrogen-bond acceptors (Lipinski definition) is 2. The van der Waals surface area contributed by atoms with Crippen molar-refractivity contribution in [1.82, 2.24) is 0 Å². The molecule has 0 unspecified atom stereocenters. The minimum atomic E-state index is -1.04. The Hall–Kier alpha value is -1.71. The van der Waals surface area contributed by atoms with Crippen LogP contribution in [0.1, 0.15) is 5.56 Å². The minimum Gasteiger partial charge on any atom is -0.478 e. The summed E-state index contributed by atoms with van der Waals surface area (Å²) in [5, 5.41) is 10.3. The molecule has 0 heterocycles. The number of carboxylic acids is 1. The Morgan fingerprint density at radius 2 is 1.75 bits per heavy atom. The maximum Gasteiger partial charge on any atom is 0.345 e. The van der Waals surface area contributed by atoms with Crippen molar-refractivity contribution in [3.63, 3.8) is 0 Å². The highest BCUT2D eigenvalue weighted by Gasteiger charge is 2.21. The smallest absolute Gasteiger partial charge is 0.345 e. The summed E-state index contributed by atoms with van der Waals surface area (Å²) in [5.41, 5.74) is 0.732. The lowest BCUT2D eigenvalue weighted by molar-refractivity contribution is -0.145. The lowest BCUT2D eigenvalue weighted by atomic mass is 10.1.